The van der Waals surface area contributed by atoms with Gasteiger partial charge in [-0.15, -0.1) is 0 Å². The van der Waals surface area contributed by atoms with Gasteiger partial charge in [0.25, 0.3) is 11.1 Å². The summed E-state index contributed by atoms with van der Waals surface area (Å²) in [7, 11) is 1.51. The summed E-state index contributed by atoms with van der Waals surface area (Å²) in [4.78, 5) is 38.7. The van der Waals surface area contributed by atoms with Crippen molar-refractivity contribution in [2.24, 2.45) is 0 Å². The predicted octanol–water partition coefficient (Wildman–Crippen LogP) is 3.66. The lowest BCUT2D eigenvalue weighted by atomic mass is 10.2. The molecule has 10 heteroatoms. The van der Waals surface area contributed by atoms with Crippen molar-refractivity contribution in [3.8, 4) is 23.0 Å². The monoisotopic (exact) mass is 468 g/mol. The zero-order chi connectivity index (χ0) is 23.4. The average molecular weight is 468 g/mol. The van der Waals surface area contributed by atoms with Crippen molar-refractivity contribution in [3.63, 3.8) is 0 Å². The lowest BCUT2D eigenvalue weighted by Gasteiger charge is -2.12. The van der Waals surface area contributed by atoms with Gasteiger partial charge in [0.15, 0.2) is 23.0 Å². The summed E-state index contributed by atoms with van der Waals surface area (Å²) in [5.41, 5.74) is 1.12. The van der Waals surface area contributed by atoms with E-state index in [9.17, 15) is 14.4 Å². The van der Waals surface area contributed by atoms with Crippen molar-refractivity contribution in [1.29, 1.82) is 0 Å². The first kappa shape index (κ1) is 22.3. The molecule has 1 fully saturated rings. The second-order valence-electron chi connectivity index (χ2n) is 6.89. The van der Waals surface area contributed by atoms with Crippen LogP contribution in [-0.2, 0) is 9.59 Å². The number of amides is 3. The molecule has 2 aliphatic rings. The number of carbonyl (C=O) groups is 3. The fourth-order valence-electron chi connectivity index (χ4n) is 3.15. The summed E-state index contributed by atoms with van der Waals surface area (Å²) in [6.07, 6.45) is 3.19. The molecule has 33 heavy (non-hydrogen) atoms. The van der Waals surface area contributed by atoms with Gasteiger partial charge in [-0.1, -0.05) is 18.7 Å². The van der Waals surface area contributed by atoms with Crippen molar-refractivity contribution in [1.82, 2.24) is 4.90 Å². The molecule has 2 heterocycles. The summed E-state index contributed by atoms with van der Waals surface area (Å²) < 4.78 is 21.4. The predicted molar refractivity (Wildman–Crippen MR) is 123 cm³/mol. The molecule has 9 nitrogen and oxygen atoms in total. The Morgan fingerprint density at radius 1 is 1.18 bits per heavy atom. The number of methoxy groups -OCH3 is 1. The van der Waals surface area contributed by atoms with Crippen molar-refractivity contribution in [3.05, 3.63) is 59.5 Å². The Bertz CT molecular complexity index is 1160. The van der Waals surface area contributed by atoms with Crippen LogP contribution in [-0.4, -0.2) is 49.0 Å². The number of benzene rings is 2. The topological polar surface area (TPSA) is 103 Å². The molecular formula is C23H20N2O7S. The van der Waals surface area contributed by atoms with Crippen LogP contribution >= 0.6 is 11.8 Å². The standard InChI is InChI=1S/C23H20N2O7S/c1-3-8-30-16-6-4-14(9-18(16)29-2)10-20-22(27)25(23(28)33-20)12-21(26)24-15-5-7-17-19(11-15)32-13-31-17/h3-7,9-11H,1,8,12-13H2,2H3,(H,24,26)/b20-10+. The van der Waals surface area contributed by atoms with E-state index in [-0.39, 0.29) is 11.7 Å². The molecular weight excluding hydrogens is 448 g/mol. The van der Waals surface area contributed by atoms with Crippen LogP contribution in [0.15, 0.2) is 54.0 Å². The van der Waals surface area contributed by atoms with Gasteiger partial charge < -0.3 is 24.3 Å². The second kappa shape index (κ2) is 9.70. The third kappa shape index (κ3) is 4.96. The molecule has 0 spiro atoms. The molecule has 1 N–H and O–H groups in total. The van der Waals surface area contributed by atoms with Gasteiger partial charge in [-0.3, -0.25) is 19.3 Å². The number of fused-ring (bicyclic) bond motifs is 1. The van der Waals surface area contributed by atoms with E-state index in [2.05, 4.69) is 11.9 Å². The fourth-order valence-corrected chi connectivity index (χ4v) is 3.99. The second-order valence-corrected chi connectivity index (χ2v) is 7.89. The number of ether oxygens (including phenoxy) is 4. The van der Waals surface area contributed by atoms with E-state index in [1.807, 2.05) is 0 Å². The Labute approximate surface area is 193 Å². The number of imide groups is 1. The van der Waals surface area contributed by atoms with Gasteiger partial charge in [-0.05, 0) is 47.7 Å². The smallest absolute Gasteiger partial charge is 0.294 e. The molecule has 1 saturated heterocycles. The highest BCUT2D eigenvalue weighted by Crippen LogP contribution is 2.36. The van der Waals surface area contributed by atoms with Gasteiger partial charge in [0.05, 0.1) is 12.0 Å². The number of hydrogen-bond acceptors (Lipinski definition) is 8. The molecule has 2 aliphatic heterocycles. The SMILES string of the molecule is C=CCOc1ccc(/C=C2/SC(=O)N(CC(=O)Nc3ccc4c(c3)OCO4)C2=O)cc1OC. The van der Waals surface area contributed by atoms with Crippen LogP contribution in [0.1, 0.15) is 5.56 Å². The Morgan fingerprint density at radius 2 is 2.00 bits per heavy atom. The van der Waals surface area contributed by atoms with E-state index >= 15 is 0 Å². The molecule has 0 atom stereocenters. The van der Waals surface area contributed by atoms with E-state index in [4.69, 9.17) is 18.9 Å². The molecule has 0 saturated carbocycles. The Balaban J connectivity index is 1.43. The van der Waals surface area contributed by atoms with Crippen LogP contribution in [0.2, 0.25) is 0 Å². The molecule has 0 aliphatic carbocycles. The van der Waals surface area contributed by atoms with Crippen molar-refractivity contribution >= 4 is 40.6 Å². The zero-order valence-electron chi connectivity index (χ0n) is 17.7. The Morgan fingerprint density at radius 3 is 2.79 bits per heavy atom. The van der Waals surface area contributed by atoms with E-state index in [0.29, 0.717) is 40.9 Å². The number of thioether (sulfide) groups is 1. The summed E-state index contributed by atoms with van der Waals surface area (Å²) in [5.74, 6) is 1.05. The van der Waals surface area contributed by atoms with Gasteiger partial charge >= 0.3 is 0 Å². The van der Waals surface area contributed by atoms with Crippen LogP contribution in [0.3, 0.4) is 0 Å². The third-order valence-corrected chi connectivity index (χ3v) is 5.58. The van der Waals surface area contributed by atoms with Crippen LogP contribution in [0.4, 0.5) is 10.5 Å². The summed E-state index contributed by atoms with van der Waals surface area (Å²) >= 11 is 0.769. The van der Waals surface area contributed by atoms with Gasteiger partial charge in [0.1, 0.15) is 13.2 Å². The highest BCUT2D eigenvalue weighted by Gasteiger charge is 2.36. The number of rotatable bonds is 8. The largest absolute Gasteiger partial charge is 0.493 e. The van der Waals surface area contributed by atoms with Crippen molar-refractivity contribution in [2.75, 3.05) is 32.4 Å². The van der Waals surface area contributed by atoms with E-state index < -0.39 is 23.6 Å². The minimum atomic E-state index is -0.545. The Kier molecular flexibility index (Phi) is 6.55. The minimum Gasteiger partial charge on any atom is -0.493 e. The average Bonchev–Trinajstić information content (AvgIpc) is 3.37. The molecule has 0 bridgehead atoms. The van der Waals surface area contributed by atoms with Gasteiger partial charge in [-0.2, -0.15) is 0 Å². The van der Waals surface area contributed by atoms with E-state index in [1.54, 1.807) is 48.6 Å². The van der Waals surface area contributed by atoms with E-state index in [0.717, 1.165) is 16.7 Å². The lowest BCUT2D eigenvalue weighted by molar-refractivity contribution is -0.127. The first-order valence-corrected chi connectivity index (χ1v) is 10.7. The number of nitrogens with one attached hydrogen (secondary N) is 1. The maximum absolute atomic E-state index is 12.8. The molecule has 170 valence electrons. The molecule has 0 radical (unpaired) electrons. The van der Waals surface area contributed by atoms with Crippen LogP contribution < -0.4 is 24.3 Å². The van der Waals surface area contributed by atoms with Crippen molar-refractivity contribution < 1.29 is 33.3 Å². The molecule has 0 aromatic heterocycles. The minimum absolute atomic E-state index is 0.117. The van der Waals surface area contributed by atoms with Gasteiger partial charge in [0, 0.05) is 11.8 Å². The first-order valence-electron chi connectivity index (χ1n) is 9.85. The number of hydrogen-bond donors (Lipinski definition) is 1. The molecule has 2 aromatic carbocycles. The maximum Gasteiger partial charge on any atom is 0.294 e. The maximum atomic E-state index is 12.8. The van der Waals surface area contributed by atoms with Crippen molar-refractivity contribution in [2.45, 2.75) is 0 Å². The number of anilines is 1. The van der Waals surface area contributed by atoms with Gasteiger partial charge in [0.2, 0.25) is 12.7 Å². The quantitative estimate of drug-likeness (QED) is 0.463. The highest BCUT2D eigenvalue weighted by atomic mass is 32.2. The van der Waals surface area contributed by atoms with Crippen LogP contribution in [0.25, 0.3) is 6.08 Å². The normalized spacial score (nSPS) is 15.7. The molecule has 0 unspecified atom stereocenters. The first-order chi connectivity index (χ1) is 16.0. The van der Waals surface area contributed by atoms with E-state index in [1.165, 1.54) is 7.11 Å². The molecule has 2 aromatic rings. The Hall–Kier alpha value is -3.92. The molecule has 4 rings (SSSR count). The van der Waals surface area contributed by atoms with Crippen LogP contribution in [0, 0.1) is 0 Å². The van der Waals surface area contributed by atoms with Crippen LogP contribution in [0.5, 0.6) is 23.0 Å². The number of nitrogens with zero attached hydrogens (tertiary/aromatic N) is 1. The molecule has 3 amide bonds. The zero-order valence-corrected chi connectivity index (χ0v) is 18.5. The van der Waals surface area contributed by atoms with Gasteiger partial charge in [-0.25, -0.2) is 0 Å². The summed E-state index contributed by atoms with van der Waals surface area (Å²) in [6, 6.07) is 10.1. The summed E-state index contributed by atoms with van der Waals surface area (Å²) in [6.45, 7) is 3.64. The number of carbonyl (C=O) groups excluding carboxylic acids is 3. The fraction of sp³-hybridized carbons (Fsp3) is 0.174. The third-order valence-electron chi connectivity index (χ3n) is 4.67. The summed E-state index contributed by atoms with van der Waals surface area (Å²) in [5, 5.41) is 2.13. The lowest BCUT2D eigenvalue weighted by Crippen LogP contribution is -2.36. The highest BCUT2D eigenvalue weighted by molar-refractivity contribution is 8.18.